The molecular weight excluding hydrogens is 194 g/mol. The van der Waals surface area contributed by atoms with Gasteiger partial charge in [-0.3, -0.25) is 4.79 Å². The molecule has 0 saturated heterocycles. The Morgan fingerprint density at radius 2 is 1.79 bits per heavy atom. The van der Waals surface area contributed by atoms with Gasteiger partial charge in [0.1, 0.15) is 0 Å². The SMILES string of the molecule is Cc1sc(N)c(C(=O)C(C)(C)C)c1C. The lowest BCUT2D eigenvalue weighted by Gasteiger charge is -2.16. The van der Waals surface area contributed by atoms with Crippen LogP contribution < -0.4 is 5.73 Å². The topological polar surface area (TPSA) is 43.1 Å². The first-order valence-corrected chi connectivity index (χ1v) is 5.47. The number of anilines is 1. The van der Waals surface area contributed by atoms with Gasteiger partial charge in [0.15, 0.2) is 5.78 Å². The molecule has 3 heteroatoms. The number of carbonyl (C=O) groups is 1. The number of nitrogens with two attached hydrogens (primary N) is 1. The zero-order chi connectivity index (χ0) is 11.1. The van der Waals surface area contributed by atoms with E-state index in [0.29, 0.717) is 5.00 Å². The molecule has 0 unspecified atom stereocenters. The minimum absolute atomic E-state index is 0.136. The molecule has 1 rings (SSSR count). The Bertz CT molecular complexity index is 371. The summed E-state index contributed by atoms with van der Waals surface area (Å²) in [4.78, 5) is 13.2. The summed E-state index contributed by atoms with van der Waals surface area (Å²) in [6, 6.07) is 0. The second-order valence-corrected chi connectivity index (χ2v) is 5.86. The van der Waals surface area contributed by atoms with Gasteiger partial charge < -0.3 is 5.73 Å². The quantitative estimate of drug-likeness (QED) is 0.725. The molecule has 1 aromatic rings. The van der Waals surface area contributed by atoms with E-state index in [4.69, 9.17) is 5.73 Å². The van der Waals surface area contributed by atoms with Crippen LogP contribution >= 0.6 is 11.3 Å². The predicted octanol–water partition coefficient (Wildman–Crippen LogP) is 3.18. The van der Waals surface area contributed by atoms with Crippen LogP contribution in [0.3, 0.4) is 0 Å². The fourth-order valence-corrected chi connectivity index (χ4v) is 2.24. The van der Waals surface area contributed by atoms with E-state index in [1.165, 1.54) is 11.3 Å². The second kappa shape index (κ2) is 3.39. The fraction of sp³-hybridized carbons (Fsp3) is 0.545. The van der Waals surface area contributed by atoms with Crippen molar-refractivity contribution in [3.8, 4) is 0 Å². The normalized spacial score (nSPS) is 11.8. The monoisotopic (exact) mass is 211 g/mol. The molecule has 2 N–H and O–H groups in total. The van der Waals surface area contributed by atoms with E-state index in [1.54, 1.807) is 0 Å². The summed E-state index contributed by atoms with van der Waals surface area (Å²) >= 11 is 1.50. The standard InChI is InChI=1S/C11H17NOS/c1-6-7(2)14-10(12)8(6)9(13)11(3,4)5/h12H2,1-5H3. The van der Waals surface area contributed by atoms with Crippen molar-refractivity contribution in [2.75, 3.05) is 5.73 Å². The zero-order valence-corrected chi connectivity index (χ0v) is 10.2. The van der Waals surface area contributed by atoms with Crippen LogP contribution in [-0.2, 0) is 0 Å². The smallest absolute Gasteiger partial charge is 0.171 e. The van der Waals surface area contributed by atoms with Crippen molar-refractivity contribution in [1.29, 1.82) is 0 Å². The van der Waals surface area contributed by atoms with Crippen LogP contribution in [0.25, 0.3) is 0 Å². The lowest BCUT2D eigenvalue weighted by Crippen LogP contribution is -2.21. The van der Waals surface area contributed by atoms with Gasteiger partial charge in [-0.25, -0.2) is 0 Å². The summed E-state index contributed by atoms with van der Waals surface area (Å²) in [6.07, 6.45) is 0. The van der Waals surface area contributed by atoms with E-state index >= 15 is 0 Å². The van der Waals surface area contributed by atoms with Gasteiger partial charge in [-0.15, -0.1) is 11.3 Å². The molecule has 0 atom stereocenters. The highest BCUT2D eigenvalue weighted by atomic mass is 32.1. The molecule has 0 amide bonds. The first-order chi connectivity index (χ1) is 6.25. The van der Waals surface area contributed by atoms with Gasteiger partial charge in [-0.05, 0) is 19.4 Å². The minimum Gasteiger partial charge on any atom is -0.390 e. The average Bonchev–Trinajstić information content (AvgIpc) is 2.24. The van der Waals surface area contributed by atoms with Crippen LogP contribution in [-0.4, -0.2) is 5.78 Å². The lowest BCUT2D eigenvalue weighted by atomic mass is 9.86. The molecule has 0 aliphatic carbocycles. The molecule has 0 fully saturated rings. The summed E-state index contributed by atoms with van der Waals surface area (Å²) < 4.78 is 0. The molecule has 0 radical (unpaired) electrons. The van der Waals surface area contributed by atoms with E-state index in [-0.39, 0.29) is 11.2 Å². The predicted molar refractivity (Wildman–Crippen MR) is 62.0 cm³/mol. The van der Waals surface area contributed by atoms with Crippen LogP contribution in [0.5, 0.6) is 0 Å². The molecule has 2 nitrogen and oxygen atoms in total. The number of hydrogen-bond acceptors (Lipinski definition) is 3. The first-order valence-electron chi connectivity index (χ1n) is 4.65. The van der Waals surface area contributed by atoms with E-state index in [1.807, 2.05) is 34.6 Å². The zero-order valence-electron chi connectivity index (χ0n) is 9.39. The van der Waals surface area contributed by atoms with Crippen molar-refractivity contribution in [3.05, 3.63) is 16.0 Å². The number of ketones is 1. The second-order valence-electron chi connectivity index (χ2n) is 4.60. The van der Waals surface area contributed by atoms with Gasteiger partial charge in [0.05, 0.1) is 10.6 Å². The molecule has 0 aromatic carbocycles. The molecule has 14 heavy (non-hydrogen) atoms. The maximum Gasteiger partial charge on any atom is 0.171 e. The van der Waals surface area contributed by atoms with E-state index in [9.17, 15) is 4.79 Å². The summed E-state index contributed by atoms with van der Waals surface area (Å²) in [5.74, 6) is 0.136. The van der Waals surface area contributed by atoms with E-state index < -0.39 is 0 Å². The van der Waals surface area contributed by atoms with Crippen molar-refractivity contribution in [3.63, 3.8) is 0 Å². The lowest BCUT2D eigenvalue weighted by molar-refractivity contribution is 0.0859. The largest absolute Gasteiger partial charge is 0.390 e. The molecular formula is C11H17NOS. The summed E-state index contributed by atoms with van der Waals surface area (Å²) in [5.41, 5.74) is 7.24. The third-order valence-corrected chi connectivity index (χ3v) is 3.36. The Labute approximate surface area is 89.1 Å². The van der Waals surface area contributed by atoms with Crippen molar-refractivity contribution in [2.45, 2.75) is 34.6 Å². The third-order valence-electron chi connectivity index (χ3n) is 2.32. The molecule has 1 aromatic heterocycles. The molecule has 0 spiro atoms. The van der Waals surface area contributed by atoms with Gasteiger partial charge in [0.2, 0.25) is 0 Å². The van der Waals surface area contributed by atoms with Crippen molar-refractivity contribution >= 4 is 22.1 Å². The third kappa shape index (κ3) is 1.82. The average molecular weight is 211 g/mol. The van der Waals surface area contributed by atoms with Crippen LogP contribution in [0.1, 0.15) is 41.6 Å². The van der Waals surface area contributed by atoms with E-state index in [0.717, 1.165) is 16.0 Å². The van der Waals surface area contributed by atoms with Gasteiger partial charge in [0.25, 0.3) is 0 Å². The highest BCUT2D eigenvalue weighted by Crippen LogP contribution is 2.34. The minimum atomic E-state index is -0.355. The van der Waals surface area contributed by atoms with E-state index in [2.05, 4.69) is 0 Å². The fourth-order valence-electron chi connectivity index (χ4n) is 1.31. The number of Topliss-reactive ketones (excluding diaryl/α,β-unsaturated/α-hetero) is 1. The molecule has 0 bridgehead atoms. The van der Waals surface area contributed by atoms with Gasteiger partial charge >= 0.3 is 0 Å². The Morgan fingerprint density at radius 1 is 1.29 bits per heavy atom. The first kappa shape index (κ1) is 11.2. The van der Waals surface area contributed by atoms with Gasteiger partial charge in [0, 0.05) is 10.3 Å². The summed E-state index contributed by atoms with van der Waals surface area (Å²) in [6.45, 7) is 9.71. The van der Waals surface area contributed by atoms with Gasteiger partial charge in [-0.2, -0.15) is 0 Å². The highest BCUT2D eigenvalue weighted by Gasteiger charge is 2.27. The van der Waals surface area contributed by atoms with Crippen LogP contribution in [0, 0.1) is 19.3 Å². The Hall–Kier alpha value is -0.830. The number of carbonyl (C=O) groups excluding carboxylic acids is 1. The van der Waals surface area contributed by atoms with Crippen molar-refractivity contribution < 1.29 is 4.79 Å². The number of nitrogen functional groups attached to an aromatic ring is 1. The molecule has 0 saturated carbocycles. The number of rotatable bonds is 1. The van der Waals surface area contributed by atoms with Crippen LogP contribution in [0.4, 0.5) is 5.00 Å². The summed E-state index contributed by atoms with van der Waals surface area (Å²) in [5, 5.41) is 0.653. The number of thiophene rings is 1. The maximum absolute atomic E-state index is 12.0. The highest BCUT2D eigenvalue weighted by molar-refractivity contribution is 7.16. The molecule has 78 valence electrons. The number of hydrogen-bond donors (Lipinski definition) is 1. The van der Waals surface area contributed by atoms with Crippen LogP contribution in [0.2, 0.25) is 0 Å². The molecule has 1 heterocycles. The summed E-state index contributed by atoms with van der Waals surface area (Å²) in [7, 11) is 0. The number of aryl methyl sites for hydroxylation is 1. The van der Waals surface area contributed by atoms with Gasteiger partial charge in [-0.1, -0.05) is 20.8 Å². The maximum atomic E-state index is 12.0. The Morgan fingerprint density at radius 3 is 2.07 bits per heavy atom. The Kier molecular flexibility index (Phi) is 2.72. The van der Waals surface area contributed by atoms with Crippen molar-refractivity contribution in [1.82, 2.24) is 0 Å². The Balaban J connectivity index is 3.27. The van der Waals surface area contributed by atoms with Crippen molar-refractivity contribution in [2.24, 2.45) is 5.41 Å². The molecule has 0 aliphatic rings. The van der Waals surface area contributed by atoms with Crippen LogP contribution in [0.15, 0.2) is 0 Å². The molecule has 0 aliphatic heterocycles.